The molecule has 0 aromatic heterocycles. The first-order valence-electron chi connectivity index (χ1n) is 5.17. The van der Waals surface area contributed by atoms with Crippen LogP contribution >= 0.6 is 15.9 Å². The van der Waals surface area contributed by atoms with E-state index in [4.69, 9.17) is 14.2 Å². The van der Waals surface area contributed by atoms with Gasteiger partial charge in [0.15, 0.2) is 17.8 Å². The van der Waals surface area contributed by atoms with E-state index in [1.54, 1.807) is 12.1 Å². The van der Waals surface area contributed by atoms with E-state index in [0.717, 1.165) is 0 Å². The summed E-state index contributed by atoms with van der Waals surface area (Å²) >= 11 is 3.27. The van der Waals surface area contributed by atoms with Gasteiger partial charge < -0.3 is 14.2 Å². The second-order valence-electron chi connectivity index (χ2n) is 3.33. The van der Waals surface area contributed by atoms with Crippen molar-refractivity contribution in [2.75, 3.05) is 20.3 Å². The normalized spacial score (nSPS) is 9.72. The highest BCUT2D eigenvalue weighted by Crippen LogP contribution is 2.33. The van der Waals surface area contributed by atoms with Crippen LogP contribution in [-0.2, 0) is 9.53 Å². The van der Waals surface area contributed by atoms with Crippen LogP contribution in [0.1, 0.15) is 17.3 Å². The lowest BCUT2D eigenvalue weighted by molar-refractivity contribution is -0.141. The fraction of sp³-hybridized carbons (Fsp3) is 0.333. The summed E-state index contributed by atoms with van der Waals surface area (Å²) in [6, 6.07) is 3.31. The van der Waals surface area contributed by atoms with E-state index in [0.29, 0.717) is 27.8 Å². The van der Waals surface area contributed by atoms with Gasteiger partial charge in [-0.2, -0.15) is 0 Å². The molecule has 98 valence electrons. The van der Waals surface area contributed by atoms with Gasteiger partial charge in [-0.15, -0.1) is 0 Å². The molecule has 0 heterocycles. The minimum atomic E-state index is -0.378. The van der Waals surface area contributed by atoms with Crippen LogP contribution in [0, 0.1) is 0 Å². The van der Waals surface area contributed by atoms with Gasteiger partial charge in [0.05, 0.1) is 12.7 Å². The number of carbonyl (C=O) groups excluding carboxylic acids is 2. The number of hydrogen-bond acceptors (Lipinski definition) is 5. The Kier molecular flexibility index (Phi) is 5.64. The Labute approximate surface area is 113 Å². The number of aldehydes is 1. The van der Waals surface area contributed by atoms with Crippen LogP contribution in [0.25, 0.3) is 0 Å². The average Bonchev–Trinajstić information content (AvgIpc) is 2.34. The average molecular weight is 317 g/mol. The van der Waals surface area contributed by atoms with Gasteiger partial charge in [-0.05, 0) is 12.1 Å². The lowest BCUT2D eigenvalue weighted by Crippen LogP contribution is -2.11. The number of benzene rings is 1. The van der Waals surface area contributed by atoms with Crippen molar-refractivity contribution in [3.63, 3.8) is 0 Å². The zero-order valence-corrected chi connectivity index (χ0v) is 11.7. The third-order valence-corrected chi connectivity index (χ3v) is 2.49. The molecule has 0 saturated carbocycles. The molecule has 0 saturated heterocycles. The van der Waals surface area contributed by atoms with Crippen molar-refractivity contribution >= 4 is 28.2 Å². The number of methoxy groups -OCH3 is 1. The Balaban J connectivity index is 2.79. The molecule has 1 aromatic carbocycles. The van der Waals surface area contributed by atoms with Gasteiger partial charge in [-0.3, -0.25) is 9.59 Å². The second kappa shape index (κ2) is 7.00. The van der Waals surface area contributed by atoms with Crippen molar-refractivity contribution in [3.8, 4) is 11.5 Å². The molecule has 6 heteroatoms. The van der Waals surface area contributed by atoms with Gasteiger partial charge in [0.1, 0.15) is 13.2 Å². The van der Waals surface area contributed by atoms with E-state index in [9.17, 15) is 9.59 Å². The lowest BCUT2D eigenvalue weighted by Gasteiger charge is -2.13. The molecular formula is C12H13BrO5. The number of halogens is 1. The van der Waals surface area contributed by atoms with Crippen LogP contribution in [0.15, 0.2) is 16.6 Å². The number of rotatable bonds is 6. The summed E-state index contributed by atoms with van der Waals surface area (Å²) in [5.41, 5.74) is 0.365. The summed E-state index contributed by atoms with van der Waals surface area (Å²) in [5.74, 6) is 0.397. The Morgan fingerprint density at radius 3 is 2.67 bits per heavy atom. The van der Waals surface area contributed by atoms with Crippen LogP contribution < -0.4 is 9.47 Å². The maximum Gasteiger partial charge on any atom is 0.302 e. The highest BCUT2D eigenvalue weighted by atomic mass is 79.9. The second-order valence-corrected chi connectivity index (χ2v) is 4.25. The standard InChI is InChI=1S/C12H13BrO5/c1-8(15)17-3-4-18-12-9(7-14)5-10(13)6-11(12)16-2/h5-7H,3-4H2,1-2H3. The van der Waals surface area contributed by atoms with Crippen molar-refractivity contribution < 1.29 is 23.8 Å². The Bertz CT molecular complexity index is 444. The smallest absolute Gasteiger partial charge is 0.302 e. The lowest BCUT2D eigenvalue weighted by atomic mass is 10.2. The molecule has 0 radical (unpaired) electrons. The van der Waals surface area contributed by atoms with Crippen LogP contribution in [0.3, 0.4) is 0 Å². The maximum atomic E-state index is 10.9. The van der Waals surface area contributed by atoms with Crippen LogP contribution in [0.4, 0.5) is 0 Å². The highest BCUT2D eigenvalue weighted by Gasteiger charge is 2.12. The molecule has 0 fully saturated rings. The highest BCUT2D eigenvalue weighted by molar-refractivity contribution is 9.10. The summed E-state index contributed by atoms with van der Waals surface area (Å²) in [7, 11) is 1.48. The molecule has 0 atom stereocenters. The maximum absolute atomic E-state index is 10.9. The molecule has 0 N–H and O–H groups in total. The molecule has 5 nitrogen and oxygen atoms in total. The van der Waals surface area contributed by atoms with E-state index >= 15 is 0 Å². The zero-order chi connectivity index (χ0) is 13.5. The third-order valence-electron chi connectivity index (χ3n) is 2.03. The van der Waals surface area contributed by atoms with E-state index < -0.39 is 0 Å². The first-order chi connectivity index (χ1) is 8.58. The number of carbonyl (C=O) groups is 2. The monoisotopic (exact) mass is 316 g/mol. The molecule has 18 heavy (non-hydrogen) atoms. The van der Waals surface area contributed by atoms with Gasteiger partial charge in [-0.25, -0.2) is 0 Å². The first-order valence-corrected chi connectivity index (χ1v) is 5.96. The van der Waals surface area contributed by atoms with Crippen molar-refractivity contribution in [1.29, 1.82) is 0 Å². The molecule has 0 spiro atoms. The summed E-state index contributed by atoms with van der Waals surface area (Å²) in [6.45, 7) is 1.59. The molecule has 1 rings (SSSR count). The van der Waals surface area contributed by atoms with Gasteiger partial charge in [0.2, 0.25) is 0 Å². The molecule has 0 amide bonds. The summed E-state index contributed by atoms with van der Waals surface area (Å²) in [5, 5.41) is 0. The molecule has 0 aliphatic carbocycles. The van der Waals surface area contributed by atoms with E-state index in [1.807, 2.05) is 0 Å². The fourth-order valence-corrected chi connectivity index (χ4v) is 1.77. The van der Waals surface area contributed by atoms with E-state index in [2.05, 4.69) is 15.9 Å². The third kappa shape index (κ3) is 4.03. The topological polar surface area (TPSA) is 61.8 Å². The minimum absolute atomic E-state index is 0.118. The van der Waals surface area contributed by atoms with Crippen LogP contribution in [-0.4, -0.2) is 32.6 Å². The quantitative estimate of drug-likeness (QED) is 0.457. The van der Waals surface area contributed by atoms with Crippen LogP contribution in [0.2, 0.25) is 0 Å². The number of hydrogen-bond donors (Lipinski definition) is 0. The number of esters is 1. The van der Waals surface area contributed by atoms with Gasteiger partial charge >= 0.3 is 5.97 Å². The van der Waals surface area contributed by atoms with Crippen molar-refractivity contribution in [2.45, 2.75) is 6.92 Å². The summed E-state index contributed by atoms with van der Waals surface area (Å²) < 4.78 is 16.0. The zero-order valence-electron chi connectivity index (χ0n) is 10.1. The molecule has 0 aliphatic rings. The molecule has 0 aliphatic heterocycles. The Hall–Kier alpha value is -1.56. The van der Waals surface area contributed by atoms with Crippen molar-refractivity contribution in [2.24, 2.45) is 0 Å². The summed E-state index contributed by atoms with van der Waals surface area (Å²) in [6.07, 6.45) is 0.675. The SMILES string of the molecule is COc1cc(Br)cc(C=O)c1OCCOC(C)=O. The summed E-state index contributed by atoms with van der Waals surface area (Å²) in [4.78, 5) is 21.5. The Morgan fingerprint density at radius 1 is 1.39 bits per heavy atom. The minimum Gasteiger partial charge on any atom is -0.493 e. The van der Waals surface area contributed by atoms with Gasteiger partial charge in [-0.1, -0.05) is 15.9 Å². The largest absolute Gasteiger partial charge is 0.493 e. The van der Waals surface area contributed by atoms with E-state index in [-0.39, 0.29) is 19.2 Å². The van der Waals surface area contributed by atoms with E-state index in [1.165, 1.54) is 14.0 Å². The Morgan fingerprint density at radius 2 is 2.11 bits per heavy atom. The van der Waals surface area contributed by atoms with Crippen LogP contribution in [0.5, 0.6) is 11.5 Å². The predicted octanol–water partition coefficient (Wildman–Crippen LogP) is 2.21. The van der Waals surface area contributed by atoms with Crippen molar-refractivity contribution in [1.82, 2.24) is 0 Å². The van der Waals surface area contributed by atoms with Crippen molar-refractivity contribution in [3.05, 3.63) is 22.2 Å². The molecule has 0 bridgehead atoms. The molecular weight excluding hydrogens is 304 g/mol. The molecule has 1 aromatic rings. The molecule has 0 unspecified atom stereocenters. The van der Waals surface area contributed by atoms with Gasteiger partial charge in [0, 0.05) is 11.4 Å². The number of ether oxygens (including phenoxy) is 3. The van der Waals surface area contributed by atoms with Gasteiger partial charge in [0.25, 0.3) is 0 Å². The first kappa shape index (κ1) is 14.5. The predicted molar refractivity (Wildman–Crippen MR) is 68.2 cm³/mol. The fourth-order valence-electron chi connectivity index (χ4n) is 1.31.